The molecule has 0 radical (unpaired) electrons. The minimum absolute atomic E-state index is 0.0108. The molecular weight excluding hydrogens is 566 g/mol. The standard InChI is InChI=1S/C28H29N5O6S2/c1-19-9-13-24(14-10-19)41(37,38)33(25-7-5-6-8-26(25)39-4)18-27(34)31-22-11-15-23(16-12-22)40(35,36)32-28-29-20(2)17-21(3)30-28/h5-17H,18H2,1-4H3,(H,31,34)(H,29,30,32). The Kier molecular flexibility index (Phi) is 8.59. The molecule has 4 aromatic rings. The molecule has 214 valence electrons. The molecule has 1 heterocycles. The van der Waals surface area contributed by atoms with E-state index in [9.17, 15) is 21.6 Å². The predicted molar refractivity (Wildman–Crippen MR) is 156 cm³/mol. The number of benzene rings is 3. The number of ether oxygens (including phenoxy) is 1. The first-order chi connectivity index (χ1) is 19.4. The van der Waals surface area contributed by atoms with Crippen molar-refractivity contribution in [1.29, 1.82) is 0 Å². The summed E-state index contributed by atoms with van der Waals surface area (Å²) >= 11 is 0. The molecule has 0 fully saturated rings. The minimum atomic E-state index is -4.16. The molecule has 1 aromatic heterocycles. The van der Waals surface area contributed by atoms with Crippen LogP contribution in [0.25, 0.3) is 0 Å². The van der Waals surface area contributed by atoms with Crippen molar-refractivity contribution in [1.82, 2.24) is 9.97 Å². The molecule has 11 nitrogen and oxygen atoms in total. The van der Waals surface area contributed by atoms with E-state index in [-0.39, 0.29) is 32.9 Å². The Bertz CT molecular complexity index is 1760. The number of carbonyl (C=O) groups is 1. The summed E-state index contributed by atoms with van der Waals surface area (Å²) < 4.78 is 61.6. The Morgan fingerprint density at radius 2 is 1.41 bits per heavy atom. The number of amides is 1. The third kappa shape index (κ3) is 6.99. The number of rotatable bonds is 10. The van der Waals surface area contributed by atoms with E-state index in [1.165, 1.54) is 43.5 Å². The van der Waals surface area contributed by atoms with Gasteiger partial charge in [0.05, 0.1) is 22.6 Å². The van der Waals surface area contributed by atoms with E-state index in [0.717, 1.165) is 9.87 Å². The van der Waals surface area contributed by atoms with E-state index in [1.807, 2.05) is 6.92 Å². The van der Waals surface area contributed by atoms with Crippen molar-refractivity contribution >= 4 is 43.3 Å². The molecule has 0 saturated carbocycles. The predicted octanol–water partition coefficient (Wildman–Crippen LogP) is 4.05. The molecule has 0 aliphatic rings. The highest BCUT2D eigenvalue weighted by atomic mass is 32.2. The zero-order chi connectivity index (χ0) is 29.8. The highest BCUT2D eigenvalue weighted by Gasteiger charge is 2.29. The Balaban J connectivity index is 1.56. The number of carbonyl (C=O) groups excluding carboxylic acids is 1. The molecule has 0 aliphatic heterocycles. The number of nitrogens with zero attached hydrogens (tertiary/aromatic N) is 3. The molecule has 0 unspecified atom stereocenters. The van der Waals surface area contributed by atoms with Crippen molar-refractivity contribution in [2.24, 2.45) is 0 Å². The van der Waals surface area contributed by atoms with Gasteiger partial charge in [-0.3, -0.25) is 9.10 Å². The summed E-state index contributed by atoms with van der Waals surface area (Å²) in [6.07, 6.45) is 0. The number of nitrogens with one attached hydrogen (secondary N) is 2. The van der Waals surface area contributed by atoms with Crippen LogP contribution in [-0.4, -0.2) is 46.4 Å². The van der Waals surface area contributed by atoms with Crippen molar-refractivity contribution < 1.29 is 26.4 Å². The van der Waals surface area contributed by atoms with Gasteiger partial charge in [-0.1, -0.05) is 29.8 Å². The number of methoxy groups -OCH3 is 1. The van der Waals surface area contributed by atoms with Crippen LogP contribution < -0.4 is 19.1 Å². The highest BCUT2D eigenvalue weighted by Crippen LogP contribution is 2.32. The average Bonchev–Trinajstić information content (AvgIpc) is 2.91. The zero-order valence-electron chi connectivity index (χ0n) is 22.8. The Labute approximate surface area is 239 Å². The molecule has 1 amide bonds. The maximum absolute atomic E-state index is 13.7. The molecule has 13 heteroatoms. The summed E-state index contributed by atoms with van der Waals surface area (Å²) in [5.74, 6) is -0.430. The Hall–Kier alpha value is -4.49. The van der Waals surface area contributed by atoms with Gasteiger partial charge in [-0.05, 0) is 75.4 Å². The number of hydrogen-bond acceptors (Lipinski definition) is 8. The van der Waals surface area contributed by atoms with Crippen LogP contribution in [0.3, 0.4) is 0 Å². The number of aromatic nitrogens is 2. The van der Waals surface area contributed by atoms with Crippen LogP contribution in [0.1, 0.15) is 17.0 Å². The Morgan fingerprint density at radius 1 is 0.829 bits per heavy atom. The second-order valence-electron chi connectivity index (χ2n) is 9.15. The summed E-state index contributed by atoms with van der Waals surface area (Å²) in [5, 5.41) is 2.63. The first kappa shape index (κ1) is 29.5. The normalized spacial score (nSPS) is 11.5. The quantitative estimate of drug-likeness (QED) is 0.279. The lowest BCUT2D eigenvalue weighted by molar-refractivity contribution is -0.114. The minimum Gasteiger partial charge on any atom is -0.495 e. The van der Waals surface area contributed by atoms with Gasteiger partial charge in [0.1, 0.15) is 12.3 Å². The monoisotopic (exact) mass is 595 g/mol. The summed E-state index contributed by atoms with van der Waals surface area (Å²) in [7, 11) is -6.75. The van der Waals surface area contributed by atoms with Crippen molar-refractivity contribution in [2.45, 2.75) is 30.6 Å². The second-order valence-corrected chi connectivity index (χ2v) is 12.7. The van der Waals surface area contributed by atoms with Gasteiger partial charge in [-0.25, -0.2) is 31.5 Å². The number of anilines is 3. The molecule has 0 aliphatic carbocycles. The average molecular weight is 596 g/mol. The number of para-hydroxylation sites is 2. The molecule has 0 atom stereocenters. The molecule has 0 bridgehead atoms. The van der Waals surface area contributed by atoms with E-state index in [0.29, 0.717) is 11.4 Å². The first-order valence-corrected chi connectivity index (χ1v) is 15.3. The largest absolute Gasteiger partial charge is 0.495 e. The third-order valence-electron chi connectivity index (χ3n) is 5.91. The van der Waals surface area contributed by atoms with Gasteiger partial charge < -0.3 is 10.1 Å². The van der Waals surface area contributed by atoms with Crippen LogP contribution in [-0.2, 0) is 24.8 Å². The van der Waals surface area contributed by atoms with E-state index in [1.54, 1.807) is 56.3 Å². The van der Waals surface area contributed by atoms with Crippen LogP contribution in [0.2, 0.25) is 0 Å². The van der Waals surface area contributed by atoms with Crippen LogP contribution in [0.15, 0.2) is 88.7 Å². The SMILES string of the molecule is COc1ccccc1N(CC(=O)Nc1ccc(S(=O)(=O)Nc2nc(C)cc(C)n2)cc1)S(=O)(=O)c1ccc(C)cc1. The summed E-state index contributed by atoms with van der Waals surface area (Å²) in [4.78, 5) is 21.2. The van der Waals surface area contributed by atoms with Crippen molar-refractivity contribution in [3.05, 3.63) is 95.8 Å². The number of hydrogen-bond donors (Lipinski definition) is 2. The van der Waals surface area contributed by atoms with E-state index >= 15 is 0 Å². The first-order valence-electron chi connectivity index (χ1n) is 12.4. The van der Waals surface area contributed by atoms with Crippen molar-refractivity contribution in [3.63, 3.8) is 0 Å². The lowest BCUT2D eigenvalue weighted by Crippen LogP contribution is -2.38. The Morgan fingerprint density at radius 3 is 2.02 bits per heavy atom. The third-order valence-corrected chi connectivity index (χ3v) is 9.02. The lowest BCUT2D eigenvalue weighted by Gasteiger charge is -2.25. The van der Waals surface area contributed by atoms with Crippen molar-refractivity contribution in [3.8, 4) is 5.75 Å². The van der Waals surface area contributed by atoms with Crippen LogP contribution in [0.4, 0.5) is 17.3 Å². The molecule has 0 spiro atoms. The summed E-state index contributed by atoms with van der Waals surface area (Å²) in [5.41, 5.74) is 2.56. The van der Waals surface area contributed by atoms with E-state index in [2.05, 4.69) is 20.0 Å². The topological polar surface area (TPSA) is 148 Å². The summed E-state index contributed by atoms with van der Waals surface area (Å²) in [6.45, 7) is 4.73. The van der Waals surface area contributed by atoms with Gasteiger partial charge in [0.25, 0.3) is 20.0 Å². The van der Waals surface area contributed by atoms with Crippen LogP contribution >= 0.6 is 0 Å². The lowest BCUT2D eigenvalue weighted by atomic mass is 10.2. The molecule has 41 heavy (non-hydrogen) atoms. The van der Waals surface area contributed by atoms with Gasteiger partial charge >= 0.3 is 0 Å². The molecule has 0 saturated heterocycles. The second kappa shape index (κ2) is 11.9. The molecule has 4 rings (SSSR count). The highest BCUT2D eigenvalue weighted by molar-refractivity contribution is 7.93. The van der Waals surface area contributed by atoms with E-state index < -0.39 is 32.5 Å². The van der Waals surface area contributed by atoms with Crippen molar-refractivity contribution in [2.75, 3.05) is 28.0 Å². The van der Waals surface area contributed by atoms with Gasteiger partial charge in [0.2, 0.25) is 11.9 Å². The van der Waals surface area contributed by atoms with Gasteiger partial charge in [0, 0.05) is 17.1 Å². The maximum Gasteiger partial charge on any atom is 0.264 e. The fraction of sp³-hybridized carbons (Fsp3) is 0.179. The molecule has 2 N–H and O–H groups in total. The number of aryl methyl sites for hydroxylation is 3. The smallest absolute Gasteiger partial charge is 0.264 e. The fourth-order valence-electron chi connectivity index (χ4n) is 3.97. The summed E-state index contributed by atoms with van der Waals surface area (Å²) in [6, 6.07) is 19.9. The van der Waals surface area contributed by atoms with Crippen LogP contribution in [0.5, 0.6) is 5.75 Å². The molecule has 3 aromatic carbocycles. The fourth-order valence-corrected chi connectivity index (χ4v) is 6.35. The van der Waals surface area contributed by atoms with Gasteiger partial charge in [0.15, 0.2) is 0 Å². The van der Waals surface area contributed by atoms with Crippen LogP contribution in [0, 0.1) is 20.8 Å². The molecular formula is C28H29N5O6S2. The number of sulfonamides is 2. The zero-order valence-corrected chi connectivity index (χ0v) is 24.5. The van der Waals surface area contributed by atoms with Gasteiger partial charge in [-0.15, -0.1) is 0 Å². The van der Waals surface area contributed by atoms with Gasteiger partial charge in [-0.2, -0.15) is 0 Å². The maximum atomic E-state index is 13.7. The van der Waals surface area contributed by atoms with E-state index in [4.69, 9.17) is 4.74 Å².